The molecule has 6 heteroatoms. The molecule has 1 N–H and O–H groups in total. The maximum atomic E-state index is 11.1. The predicted molar refractivity (Wildman–Crippen MR) is 91.7 cm³/mol. The van der Waals surface area contributed by atoms with Crippen molar-refractivity contribution in [3.63, 3.8) is 0 Å². The number of amides is 1. The largest absolute Gasteiger partial charge is 0.425 e. The molecule has 0 bridgehead atoms. The lowest BCUT2D eigenvalue weighted by Gasteiger charge is -2.15. The summed E-state index contributed by atoms with van der Waals surface area (Å²) < 4.78 is 5.77. The molecule has 3 rings (SSSR count). The zero-order chi connectivity index (χ0) is 16.9. The van der Waals surface area contributed by atoms with Crippen molar-refractivity contribution in [3.05, 3.63) is 41.6 Å². The number of aryl methyl sites for hydroxylation is 1. The van der Waals surface area contributed by atoms with Crippen molar-refractivity contribution < 1.29 is 9.21 Å². The fourth-order valence-electron chi connectivity index (χ4n) is 3.08. The van der Waals surface area contributed by atoms with Crippen LogP contribution in [0.2, 0.25) is 0 Å². The molecule has 1 amide bonds. The minimum absolute atomic E-state index is 0.0489. The summed E-state index contributed by atoms with van der Waals surface area (Å²) in [6.45, 7) is 6.50. The number of carbonyl (C=O) groups excluding carboxylic acids is 1. The third-order valence-corrected chi connectivity index (χ3v) is 4.25. The average molecular weight is 328 g/mol. The van der Waals surface area contributed by atoms with Gasteiger partial charge >= 0.3 is 0 Å². The van der Waals surface area contributed by atoms with E-state index in [1.54, 1.807) is 0 Å². The van der Waals surface area contributed by atoms with E-state index < -0.39 is 0 Å². The van der Waals surface area contributed by atoms with Gasteiger partial charge in [0.15, 0.2) is 0 Å². The second kappa shape index (κ2) is 7.57. The number of likely N-dealkylation sites (tertiary alicyclic amines) is 1. The van der Waals surface area contributed by atoms with E-state index in [0.717, 1.165) is 56.4 Å². The maximum Gasteiger partial charge on any atom is 0.221 e. The molecule has 2 heterocycles. The second-order valence-electron chi connectivity index (χ2n) is 6.38. The Morgan fingerprint density at radius 3 is 2.83 bits per heavy atom. The minimum atomic E-state index is -0.0489. The summed E-state index contributed by atoms with van der Waals surface area (Å²) >= 11 is 0. The van der Waals surface area contributed by atoms with Crippen LogP contribution < -0.4 is 5.32 Å². The van der Waals surface area contributed by atoms with Crippen LogP contribution in [0.4, 0.5) is 5.69 Å². The topological polar surface area (TPSA) is 71.3 Å². The van der Waals surface area contributed by atoms with Gasteiger partial charge in [0.2, 0.25) is 17.7 Å². The lowest BCUT2D eigenvalue weighted by atomic mass is 10.1. The summed E-state index contributed by atoms with van der Waals surface area (Å²) in [6.07, 6.45) is 2.93. The van der Waals surface area contributed by atoms with Crippen LogP contribution in [-0.2, 0) is 17.8 Å². The third kappa shape index (κ3) is 4.20. The van der Waals surface area contributed by atoms with Gasteiger partial charge in [-0.1, -0.05) is 19.1 Å². The van der Waals surface area contributed by atoms with Crippen molar-refractivity contribution in [2.24, 2.45) is 0 Å². The average Bonchev–Trinajstić information content (AvgIpc) is 3.18. The van der Waals surface area contributed by atoms with E-state index in [1.807, 2.05) is 12.1 Å². The van der Waals surface area contributed by atoms with Crippen molar-refractivity contribution >= 4 is 11.6 Å². The van der Waals surface area contributed by atoms with Crippen molar-refractivity contribution in [3.8, 4) is 0 Å². The van der Waals surface area contributed by atoms with E-state index in [4.69, 9.17) is 4.42 Å². The summed E-state index contributed by atoms with van der Waals surface area (Å²) in [5, 5.41) is 11.1. The first-order valence-corrected chi connectivity index (χ1v) is 8.55. The number of carbonyl (C=O) groups is 1. The Bertz CT molecular complexity index is 681. The number of aromatic nitrogens is 2. The summed E-state index contributed by atoms with van der Waals surface area (Å²) in [5.74, 6) is 1.82. The highest BCUT2D eigenvalue weighted by atomic mass is 16.4. The van der Waals surface area contributed by atoms with E-state index in [1.165, 1.54) is 12.5 Å². The van der Waals surface area contributed by atoms with Gasteiger partial charge in [0.25, 0.3) is 0 Å². The molecule has 128 valence electrons. The molecule has 0 saturated carbocycles. The second-order valence-corrected chi connectivity index (χ2v) is 6.38. The summed E-state index contributed by atoms with van der Waals surface area (Å²) in [7, 11) is 0. The number of anilines is 1. The van der Waals surface area contributed by atoms with Crippen LogP contribution in [0.1, 0.15) is 50.0 Å². The Morgan fingerprint density at radius 2 is 2.12 bits per heavy atom. The first-order valence-electron chi connectivity index (χ1n) is 8.55. The van der Waals surface area contributed by atoms with Crippen LogP contribution in [0, 0.1) is 0 Å². The molecule has 1 aliphatic rings. The molecule has 24 heavy (non-hydrogen) atoms. The van der Waals surface area contributed by atoms with Gasteiger partial charge in [-0.15, -0.1) is 10.2 Å². The number of hydrogen-bond acceptors (Lipinski definition) is 5. The monoisotopic (exact) mass is 328 g/mol. The molecular formula is C18H24N4O2. The van der Waals surface area contributed by atoms with Crippen LogP contribution in [0.25, 0.3) is 0 Å². The van der Waals surface area contributed by atoms with Crippen LogP contribution in [0.3, 0.4) is 0 Å². The summed E-state index contributed by atoms with van der Waals surface area (Å²) in [6, 6.07) is 8.01. The van der Waals surface area contributed by atoms with Gasteiger partial charge in [0.1, 0.15) is 0 Å². The molecule has 0 spiro atoms. The van der Waals surface area contributed by atoms with E-state index in [2.05, 4.69) is 39.5 Å². The van der Waals surface area contributed by atoms with Crippen LogP contribution >= 0.6 is 0 Å². The van der Waals surface area contributed by atoms with Gasteiger partial charge in [0.05, 0.1) is 5.92 Å². The molecule has 1 aliphatic heterocycles. The summed E-state index contributed by atoms with van der Waals surface area (Å²) in [4.78, 5) is 13.5. The SMILES string of the molecule is CCCc1nnc([C@H]2CCN(Cc3ccc(NC(C)=O)cc3)C2)o1. The molecule has 1 saturated heterocycles. The highest BCUT2D eigenvalue weighted by Crippen LogP contribution is 2.27. The van der Waals surface area contributed by atoms with Crippen molar-refractivity contribution in [1.82, 2.24) is 15.1 Å². The zero-order valence-electron chi connectivity index (χ0n) is 14.3. The van der Waals surface area contributed by atoms with Gasteiger partial charge in [0, 0.05) is 32.1 Å². The normalized spacial score (nSPS) is 18.0. The summed E-state index contributed by atoms with van der Waals surface area (Å²) in [5.41, 5.74) is 2.07. The van der Waals surface area contributed by atoms with E-state index in [-0.39, 0.29) is 5.91 Å². The Hall–Kier alpha value is -2.21. The molecule has 0 radical (unpaired) electrons. The number of hydrogen-bond donors (Lipinski definition) is 1. The molecule has 1 aromatic carbocycles. The lowest BCUT2D eigenvalue weighted by Crippen LogP contribution is -2.19. The number of nitrogens with one attached hydrogen (secondary N) is 1. The van der Waals surface area contributed by atoms with Gasteiger partial charge in [-0.05, 0) is 37.1 Å². The minimum Gasteiger partial charge on any atom is -0.425 e. The van der Waals surface area contributed by atoms with Gasteiger partial charge < -0.3 is 9.73 Å². The molecule has 1 fully saturated rings. The Balaban J connectivity index is 1.54. The number of benzene rings is 1. The van der Waals surface area contributed by atoms with E-state index in [0.29, 0.717) is 5.92 Å². The van der Waals surface area contributed by atoms with Crippen molar-refractivity contribution in [2.45, 2.75) is 45.6 Å². The van der Waals surface area contributed by atoms with Gasteiger partial charge in [-0.2, -0.15) is 0 Å². The number of rotatable bonds is 6. The molecule has 0 unspecified atom stereocenters. The predicted octanol–water partition coefficient (Wildman–Crippen LogP) is 2.97. The molecular weight excluding hydrogens is 304 g/mol. The molecule has 0 aliphatic carbocycles. The lowest BCUT2D eigenvalue weighted by molar-refractivity contribution is -0.114. The standard InChI is InChI=1S/C18H24N4O2/c1-3-4-17-20-21-18(24-17)15-9-10-22(12-15)11-14-5-7-16(8-6-14)19-13(2)23/h5-8,15H,3-4,9-12H2,1-2H3,(H,19,23)/t15-/m0/s1. The Labute approximate surface area is 142 Å². The maximum absolute atomic E-state index is 11.1. The Kier molecular flexibility index (Phi) is 5.25. The first kappa shape index (κ1) is 16.6. The number of nitrogens with zero attached hydrogens (tertiary/aromatic N) is 3. The van der Waals surface area contributed by atoms with Crippen molar-refractivity contribution in [2.75, 3.05) is 18.4 Å². The molecule has 6 nitrogen and oxygen atoms in total. The van der Waals surface area contributed by atoms with Crippen molar-refractivity contribution in [1.29, 1.82) is 0 Å². The molecule has 1 atom stereocenters. The smallest absolute Gasteiger partial charge is 0.221 e. The third-order valence-electron chi connectivity index (χ3n) is 4.25. The van der Waals surface area contributed by atoms with Crippen LogP contribution in [0.5, 0.6) is 0 Å². The van der Waals surface area contributed by atoms with Gasteiger partial charge in [-0.25, -0.2) is 0 Å². The quantitative estimate of drug-likeness (QED) is 0.882. The first-order chi connectivity index (χ1) is 11.6. The van der Waals surface area contributed by atoms with Crippen LogP contribution in [0.15, 0.2) is 28.7 Å². The van der Waals surface area contributed by atoms with E-state index in [9.17, 15) is 4.79 Å². The highest BCUT2D eigenvalue weighted by Gasteiger charge is 2.28. The Morgan fingerprint density at radius 1 is 1.33 bits per heavy atom. The van der Waals surface area contributed by atoms with Gasteiger partial charge in [-0.3, -0.25) is 9.69 Å². The fraction of sp³-hybridized carbons (Fsp3) is 0.500. The molecule has 1 aromatic heterocycles. The molecule has 2 aromatic rings. The van der Waals surface area contributed by atoms with E-state index >= 15 is 0 Å². The highest BCUT2D eigenvalue weighted by molar-refractivity contribution is 5.88. The zero-order valence-corrected chi connectivity index (χ0v) is 14.3. The van der Waals surface area contributed by atoms with Crippen LogP contribution in [-0.4, -0.2) is 34.1 Å². The fourth-order valence-corrected chi connectivity index (χ4v) is 3.08.